The highest BCUT2D eigenvalue weighted by Gasteiger charge is 2.16. The predicted octanol–water partition coefficient (Wildman–Crippen LogP) is 3.47. The van der Waals surface area contributed by atoms with Crippen molar-refractivity contribution in [3.8, 4) is 0 Å². The molecule has 1 aromatic carbocycles. The summed E-state index contributed by atoms with van der Waals surface area (Å²) in [5, 5.41) is 0. The van der Waals surface area contributed by atoms with Gasteiger partial charge in [-0.15, -0.1) is 0 Å². The normalized spacial score (nSPS) is 11.3. The average Bonchev–Trinajstić information content (AvgIpc) is 2.08. The Labute approximate surface area is 103 Å². The number of halogens is 2. The molecular weight excluding hydrogens is 275 g/mol. The lowest BCUT2D eigenvalue weighted by Crippen LogP contribution is -2.24. The monoisotopic (exact) mass is 288 g/mol. The second-order valence-electron chi connectivity index (χ2n) is 4.51. The molecule has 16 heavy (non-hydrogen) atoms. The van der Waals surface area contributed by atoms with Crippen LogP contribution in [0.1, 0.15) is 26.3 Å². The molecule has 0 aliphatic heterocycles. The summed E-state index contributed by atoms with van der Waals surface area (Å²) >= 11 is 3.05. The van der Waals surface area contributed by atoms with Crippen LogP contribution in [0.5, 0.6) is 0 Å². The van der Waals surface area contributed by atoms with Crippen LogP contribution < -0.4 is 0 Å². The Morgan fingerprint density at radius 1 is 1.44 bits per heavy atom. The van der Waals surface area contributed by atoms with Gasteiger partial charge < -0.3 is 4.74 Å². The number of hydrogen-bond donors (Lipinski definition) is 0. The van der Waals surface area contributed by atoms with Crippen molar-refractivity contribution in [3.63, 3.8) is 0 Å². The van der Waals surface area contributed by atoms with Crippen molar-refractivity contribution in [1.29, 1.82) is 0 Å². The van der Waals surface area contributed by atoms with Crippen molar-refractivity contribution in [2.75, 3.05) is 0 Å². The van der Waals surface area contributed by atoms with Gasteiger partial charge >= 0.3 is 5.97 Å². The van der Waals surface area contributed by atoms with Gasteiger partial charge in [-0.25, -0.2) is 4.39 Å². The van der Waals surface area contributed by atoms with E-state index in [-0.39, 0.29) is 18.2 Å². The molecule has 0 heterocycles. The Morgan fingerprint density at radius 2 is 2.06 bits per heavy atom. The molecule has 0 aliphatic carbocycles. The molecule has 0 saturated heterocycles. The highest BCUT2D eigenvalue weighted by atomic mass is 79.9. The summed E-state index contributed by atoms with van der Waals surface area (Å²) in [6, 6.07) is 4.60. The fourth-order valence-electron chi connectivity index (χ4n) is 1.19. The van der Waals surface area contributed by atoms with Gasteiger partial charge in [0.2, 0.25) is 0 Å². The first-order valence-electron chi connectivity index (χ1n) is 4.94. The van der Waals surface area contributed by atoms with Crippen molar-refractivity contribution in [1.82, 2.24) is 0 Å². The van der Waals surface area contributed by atoms with Crippen LogP contribution >= 0.6 is 15.9 Å². The van der Waals surface area contributed by atoms with Gasteiger partial charge in [-0.05, 0) is 54.4 Å². The van der Waals surface area contributed by atoms with Crippen LogP contribution in [-0.4, -0.2) is 11.6 Å². The van der Waals surface area contributed by atoms with E-state index in [4.69, 9.17) is 4.74 Å². The number of rotatable bonds is 2. The summed E-state index contributed by atoms with van der Waals surface area (Å²) in [6.45, 7) is 5.40. The summed E-state index contributed by atoms with van der Waals surface area (Å²) in [4.78, 5) is 11.5. The fourth-order valence-corrected chi connectivity index (χ4v) is 1.44. The molecule has 2 nitrogen and oxygen atoms in total. The van der Waals surface area contributed by atoms with E-state index in [0.29, 0.717) is 10.0 Å². The minimum absolute atomic E-state index is 0.0848. The third-order valence-electron chi connectivity index (χ3n) is 1.75. The number of carbonyl (C=O) groups excluding carboxylic acids is 1. The molecule has 4 heteroatoms. The molecule has 0 unspecified atom stereocenters. The van der Waals surface area contributed by atoms with E-state index in [1.807, 2.05) is 0 Å². The van der Waals surface area contributed by atoms with Crippen LogP contribution in [0, 0.1) is 5.82 Å². The second-order valence-corrected chi connectivity index (χ2v) is 5.37. The molecule has 0 bridgehead atoms. The van der Waals surface area contributed by atoms with E-state index in [0.717, 1.165) is 0 Å². The summed E-state index contributed by atoms with van der Waals surface area (Å²) < 4.78 is 18.7. The quantitative estimate of drug-likeness (QED) is 0.779. The third-order valence-corrected chi connectivity index (χ3v) is 2.40. The number of ether oxygens (including phenoxy) is 1. The molecule has 0 saturated carbocycles. The Bertz CT molecular complexity index is 396. The van der Waals surface area contributed by atoms with Crippen molar-refractivity contribution in [3.05, 3.63) is 34.1 Å². The lowest BCUT2D eigenvalue weighted by Gasteiger charge is -2.19. The molecule has 0 aliphatic rings. The number of carbonyl (C=O) groups is 1. The Balaban J connectivity index is 2.67. The van der Waals surface area contributed by atoms with Gasteiger partial charge in [0.05, 0.1) is 10.9 Å². The number of hydrogen-bond acceptors (Lipinski definition) is 2. The SMILES string of the molecule is CC(C)(C)OC(=O)Cc1ccc(Br)c(F)c1. The van der Waals surface area contributed by atoms with Crippen molar-refractivity contribution >= 4 is 21.9 Å². The van der Waals surface area contributed by atoms with Crippen LogP contribution in [0.15, 0.2) is 22.7 Å². The van der Waals surface area contributed by atoms with Crippen molar-refractivity contribution in [2.24, 2.45) is 0 Å². The maximum Gasteiger partial charge on any atom is 0.310 e. The second kappa shape index (κ2) is 4.95. The topological polar surface area (TPSA) is 26.3 Å². The highest BCUT2D eigenvalue weighted by Crippen LogP contribution is 2.17. The van der Waals surface area contributed by atoms with E-state index in [1.165, 1.54) is 6.07 Å². The maximum absolute atomic E-state index is 13.2. The molecule has 0 fully saturated rings. The van der Waals surface area contributed by atoms with E-state index in [1.54, 1.807) is 32.9 Å². The molecular formula is C12H14BrFO2. The molecule has 1 rings (SSSR count). The molecule has 0 aromatic heterocycles. The summed E-state index contributed by atoms with van der Waals surface area (Å²) in [5.74, 6) is -0.727. The molecule has 88 valence electrons. The van der Waals surface area contributed by atoms with Crippen molar-refractivity contribution in [2.45, 2.75) is 32.8 Å². The van der Waals surface area contributed by atoms with Crippen LogP contribution in [0.25, 0.3) is 0 Å². The maximum atomic E-state index is 13.2. The smallest absolute Gasteiger partial charge is 0.310 e. The van der Waals surface area contributed by atoms with Gasteiger partial charge in [-0.2, -0.15) is 0 Å². The largest absolute Gasteiger partial charge is 0.460 e. The minimum atomic E-state index is -0.509. The predicted molar refractivity (Wildman–Crippen MR) is 63.6 cm³/mol. The molecule has 0 N–H and O–H groups in total. The Morgan fingerprint density at radius 3 is 2.56 bits per heavy atom. The zero-order valence-electron chi connectivity index (χ0n) is 9.51. The van der Waals surface area contributed by atoms with Gasteiger partial charge in [0.1, 0.15) is 11.4 Å². The molecule has 0 amide bonds. The summed E-state index contributed by atoms with van der Waals surface area (Å²) in [5.41, 5.74) is 0.0975. The molecule has 0 spiro atoms. The van der Waals surface area contributed by atoms with Crippen LogP contribution in [0.2, 0.25) is 0 Å². The first-order valence-corrected chi connectivity index (χ1v) is 5.73. The van der Waals surface area contributed by atoms with E-state index in [2.05, 4.69) is 15.9 Å². The molecule has 0 atom stereocenters. The minimum Gasteiger partial charge on any atom is -0.460 e. The fraction of sp³-hybridized carbons (Fsp3) is 0.417. The van der Waals surface area contributed by atoms with E-state index >= 15 is 0 Å². The van der Waals surface area contributed by atoms with Gasteiger partial charge in [0.15, 0.2) is 0 Å². The summed E-state index contributed by atoms with van der Waals surface area (Å²) in [6.07, 6.45) is 0.0848. The zero-order chi connectivity index (χ0) is 12.3. The van der Waals surface area contributed by atoms with Crippen LogP contribution in [0.3, 0.4) is 0 Å². The van der Waals surface area contributed by atoms with E-state index < -0.39 is 5.60 Å². The first kappa shape index (κ1) is 13.2. The van der Waals surface area contributed by atoms with Gasteiger partial charge in [0, 0.05) is 0 Å². The number of esters is 1. The average molecular weight is 289 g/mol. The summed E-state index contributed by atoms with van der Waals surface area (Å²) in [7, 11) is 0. The zero-order valence-corrected chi connectivity index (χ0v) is 11.1. The Hall–Kier alpha value is -0.900. The third kappa shape index (κ3) is 4.31. The lowest BCUT2D eigenvalue weighted by molar-refractivity contribution is -0.153. The molecule has 1 aromatic rings. The number of benzene rings is 1. The standard InChI is InChI=1S/C12H14BrFO2/c1-12(2,3)16-11(15)7-8-4-5-9(13)10(14)6-8/h4-6H,7H2,1-3H3. The Kier molecular flexibility index (Phi) is 4.08. The lowest BCUT2D eigenvalue weighted by atomic mass is 10.1. The van der Waals surface area contributed by atoms with Crippen LogP contribution in [-0.2, 0) is 16.0 Å². The highest BCUT2D eigenvalue weighted by molar-refractivity contribution is 9.10. The van der Waals surface area contributed by atoms with Gasteiger partial charge in [-0.3, -0.25) is 4.79 Å². The van der Waals surface area contributed by atoms with Gasteiger partial charge in [-0.1, -0.05) is 6.07 Å². The van der Waals surface area contributed by atoms with Crippen molar-refractivity contribution < 1.29 is 13.9 Å². The molecule has 0 radical (unpaired) electrons. The van der Waals surface area contributed by atoms with Crippen LogP contribution in [0.4, 0.5) is 4.39 Å². The first-order chi connectivity index (χ1) is 7.28. The van der Waals surface area contributed by atoms with E-state index in [9.17, 15) is 9.18 Å². The van der Waals surface area contributed by atoms with Gasteiger partial charge in [0.25, 0.3) is 0 Å².